The van der Waals surface area contributed by atoms with Crippen molar-refractivity contribution in [2.24, 2.45) is 5.73 Å². The van der Waals surface area contributed by atoms with Crippen LogP contribution in [-0.4, -0.2) is 47.8 Å². The fraction of sp³-hybridized carbons (Fsp3) is 0.933. The van der Waals surface area contributed by atoms with Crippen molar-refractivity contribution in [3.8, 4) is 0 Å². The summed E-state index contributed by atoms with van der Waals surface area (Å²) in [5.74, 6) is 0. The molecule has 5 heteroatoms. The van der Waals surface area contributed by atoms with Crippen LogP contribution in [0.5, 0.6) is 0 Å². The summed E-state index contributed by atoms with van der Waals surface area (Å²) in [4.78, 5) is 13.8. The van der Waals surface area contributed by atoms with Crippen LogP contribution in [0.1, 0.15) is 52.9 Å². The van der Waals surface area contributed by atoms with Gasteiger partial charge in [0.05, 0.1) is 0 Å². The van der Waals surface area contributed by atoms with E-state index in [4.69, 9.17) is 10.5 Å². The van der Waals surface area contributed by atoms with E-state index < -0.39 is 5.60 Å². The SMILES string of the molecule is CC(C)(C)OC(=O)N1CCC(NC2CCC(N)CC2)C1. The molecule has 2 rings (SSSR count). The topological polar surface area (TPSA) is 67.6 Å². The number of nitrogens with two attached hydrogens (primary N) is 1. The van der Waals surface area contributed by atoms with Gasteiger partial charge in [-0.1, -0.05) is 0 Å². The van der Waals surface area contributed by atoms with Crippen molar-refractivity contribution in [2.75, 3.05) is 13.1 Å². The molecule has 0 aromatic carbocycles. The number of rotatable bonds is 2. The summed E-state index contributed by atoms with van der Waals surface area (Å²) in [6.45, 7) is 7.27. The second-order valence-electron chi connectivity index (χ2n) is 7.19. The van der Waals surface area contributed by atoms with Gasteiger partial charge < -0.3 is 20.7 Å². The molecule has 1 aliphatic carbocycles. The van der Waals surface area contributed by atoms with Gasteiger partial charge in [0.1, 0.15) is 5.60 Å². The minimum atomic E-state index is -0.415. The molecule has 0 bridgehead atoms. The third kappa shape index (κ3) is 4.63. The third-order valence-corrected chi connectivity index (χ3v) is 4.08. The van der Waals surface area contributed by atoms with E-state index in [0.717, 1.165) is 45.2 Å². The lowest BCUT2D eigenvalue weighted by molar-refractivity contribution is 0.0290. The molecule has 1 aliphatic heterocycles. The van der Waals surface area contributed by atoms with Gasteiger partial charge in [-0.15, -0.1) is 0 Å². The highest BCUT2D eigenvalue weighted by molar-refractivity contribution is 5.68. The summed E-state index contributed by atoms with van der Waals surface area (Å²) in [6.07, 6.45) is 5.36. The molecule has 20 heavy (non-hydrogen) atoms. The van der Waals surface area contributed by atoms with Crippen LogP contribution in [0.3, 0.4) is 0 Å². The number of nitrogens with zero attached hydrogens (tertiary/aromatic N) is 1. The highest BCUT2D eigenvalue weighted by Gasteiger charge is 2.31. The Morgan fingerprint density at radius 1 is 1.15 bits per heavy atom. The van der Waals surface area contributed by atoms with Crippen LogP contribution in [-0.2, 0) is 4.74 Å². The van der Waals surface area contributed by atoms with Crippen molar-refractivity contribution < 1.29 is 9.53 Å². The van der Waals surface area contributed by atoms with E-state index in [9.17, 15) is 4.79 Å². The molecule has 116 valence electrons. The Bertz CT molecular complexity index is 333. The summed E-state index contributed by atoms with van der Waals surface area (Å²) in [5.41, 5.74) is 5.51. The van der Waals surface area contributed by atoms with Gasteiger partial charge >= 0.3 is 6.09 Å². The lowest BCUT2D eigenvalue weighted by Gasteiger charge is -2.29. The van der Waals surface area contributed by atoms with Crippen LogP contribution in [0.2, 0.25) is 0 Å². The summed E-state index contributed by atoms with van der Waals surface area (Å²) < 4.78 is 5.42. The van der Waals surface area contributed by atoms with Gasteiger partial charge in [-0.25, -0.2) is 4.79 Å². The van der Waals surface area contributed by atoms with E-state index in [1.165, 1.54) is 0 Å². The molecule has 0 radical (unpaired) electrons. The predicted octanol–water partition coefficient (Wildman–Crippen LogP) is 1.86. The molecule has 1 saturated heterocycles. The largest absolute Gasteiger partial charge is 0.444 e. The van der Waals surface area contributed by atoms with Gasteiger partial charge in [0.15, 0.2) is 0 Å². The molecule has 1 unspecified atom stereocenters. The quantitative estimate of drug-likeness (QED) is 0.811. The highest BCUT2D eigenvalue weighted by atomic mass is 16.6. The Kier molecular flexibility index (Phi) is 4.91. The van der Waals surface area contributed by atoms with Crippen LogP contribution in [0.25, 0.3) is 0 Å². The van der Waals surface area contributed by atoms with E-state index in [1.54, 1.807) is 0 Å². The van der Waals surface area contributed by atoms with E-state index in [0.29, 0.717) is 18.1 Å². The first-order valence-electron chi connectivity index (χ1n) is 7.83. The van der Waals surface area contributed by atoms with Crippen LogP contribution in [0.15, 0.2) is 0 Å². The summed E-state index contributed by atoms with van der Waals surface area (Å²) in [7, 11) is 0. The molecule has 3 N–H and O–H groups in total. The lowest BCUT2D eigenvalue weighted by Crippen LogP contribution is -2.44. The molecule has 5 nitrogen and oxygen atoms in total. The fourth-order valence-corrected chi connectivity index (χ4v) is 3.01. The summed E-state index contributed by atoms with van der Waals surface area (Å²) >= 11 is 0. The van der Waals surface area contributed by atoms with Gasteiger partial charge in [0, 0.05) is 31.2 Å². The van der Waals surface area contributed by atoms with Crippen molar-refractivity contribution in [1.29, 1.82) is 0 Å². The number of carbonyl (C=O) groups excluding carboxylic acids is 1. The van der Waals surface area contributed by atoms with Crippen LogP contribution >= 0.6 is 0 Å². The summed E-state index contributed by atoms with van der Waals surface area (Å²) in [6, 6.07) is 1.36. The predicted molar refractivity (Wildman–Crippen MR) is 79.6 cm³/mol. The maximum absolute atomic E-state index is 12.0. The minimum Gasteiger partial charge on any atom is -0.444 e. The molecule has 2 aliphatic rings. The zero-order valence-corrected chi connectivity index (χ0v) is 13.0. The molecule has 1 amide bonds. The Labute approximate surface area is 122 Å². The maximum Gasteiger partial charge on any atom is 0.410 e. The third-order valence-electron chi connectivity index (χ3n) is 4.08. The van der Waals surface area contributed by atoms with Crippen molar-refractivity contribution in [3.05, 3.63) is 0 Å². The molecule has 0 spiro atoms. The Balaban J connectivity index is 1.73. The van der Waals surface area contributed by atoms with E-state index in [-0.39, 0.29) is 6.09 Å². The summed E-state index contributed by atoms with van der Waals surface area (Å²) in [5, 5.41) is 3.68. The second kappa shape index (κ2) is 6.31. The molecule has 0 aromatic rings. The van der Waals surface area contributed by atoms with Crippen LogP contribution in [0.4, 0.5) is 4.79 Å². The maximum atomic E-state index is 12.0. The number of carbonyl (C=O) groups is 1. The first-order chi connectivity index (χ1) is 9.33. The average molecular weight is 283 g/mol. The minimum absolute atomic E-state index is 0.188. The number of hydrogen-bond donors (Lipinski definition) is 2. The number of amides is 1. The Hall–Kier alpha value is -0.810. The zero-order chi connectivity index (χ0) is 14.8. The van der Waals surface area contributed by atoms with Crippen molar-refractivity contribution >= 4 is 6.09 Å². The Morgan fingerprint density at radius 3 is 2.40 bits per heavy atom. The van der Waals surface area contributed by atoms with E-state index in [2.05, 4.69) is 5.32 Å². The van der Waals surface area contributed by atoms with Gasteiger partial charge in [-0.3, -0.25) is 0 Å². The molecule has 0 aromatic heterocycles. The second-order valence-corrected chi connectivity index (χ2v) is 7.19. The normalized spacial score (nSPS) is 31.4. The first-order valence-corrected chi connectivity index (χ1v) is 7.83. The van der Waals surface area contributed by atoms with Crippen molar-refractivity contribution in [3.63, 3.8) is 0 Å². The monoisotopic (exact) mass is 283 g/mol. The van der Waals surface area contributed by atoms with Crippen LogP contribution < -0.4 is 11.1 Å². The zero-order valence-electron chi connectivity index (χ0n) is 13.0. The van der Waals surface area contributed by atoms with Crippen molar-refractivity contribution in [2.45, 2.75) is 76.6 Å². The standard InChI is InChI=1S/C15H29N3O2/c1-15(2,3)20-14(19)18-9-8-13(10-18)17-12-6-4-11(16)5-7-12/h11-13,17H,4-10,16H2,1-3H3. The van der Waals surface area contributed by atoms with E-state index >= 15 is 0 Å². The number of likely N-dealkylation sites (tertiary alicyclic amines) is 1. The van der Waals surface area contributed by atoms with Gasteiger partial charge in [0.2, 0.25) is 0 Å². The smallest absolute Gasteiger partial charge is 0.410 e. The van der Waals surface area contributed by atoms with Gasteiger partial charge in [-0.2, -0.15) is 0 Å². The molecular formula is C15H29N3O2. The number of nitrogens with one attached hydrogen (secondary N) is 1. The molecule has 1 saturated carbocycles. The molecule has 1 heterocycles. The fourth-order valence-electron chi connectivity index (χ4n) is 3.01. The van der Waals surface area contributed by atoms with Crippen LogP contribution in [0, 0.1) is 0 Å². The number of hydrogen-bond acceptors (Lipinski definition) is 4. The van der Waals surface area contributed by atoms with Crippen molar-refractivity contribution in [1.82, 2.24) is 10.2 Å². The lowest BCUT2D eigenvalue weighted by atomic mass is 9.91. The Morgan fingerprint density at radius 2 is 1.80 bits per heavy atom. The average Bonchev–Trinajstić information content (AvgIpc) is 2.79. The van der Waals surface area contributed by atoms with Gasteiger partial charge in [0.25, 0.3) is 0 Å². The number of ether oxygens (including phenoxy) is 1. The highest BCUT2D eigenvalue weighted by Crippen LogP contribution is 2.20. The molecular weight excluding hydrogens is 254 g/mol. The van der Waals surface area contributed by atoms with E-state index in [1.807, 2.05) is 25.7 Å². The molecule has 1 atom stereocenters. The molecule has 2 fully saturated rings. The first kappa shape index (κ1) is 15.6. The van der Waals surface area contributed by atoms with Gasteiger partial charge in [-0.05, 0) is 52.9 Å².